The molecule has 0 amide bonds. The Kier molecular flexibility index (Phi) is 4.01. The van der Waals surface area contributed by atoms with Crippen LogP contribution in [0.4, 0.5) is 17.1 Å². The Bertz CT molecular complexity index is 569. The largest absolute Gasteiger partial charge is 0.393 e. The fourth-order valence-electron chi connectivity index (χ4n) is 1.81. The molecule has 0 atom stereocenters. The van der Waals surface area contributed by atoms with Crippen molar-refractivity contribution in [2.45, 2.75) is 6.42 Å². The number of nitrogens with zero attached hydrogens (tertiary/aromatic N) is 2. The van der Waals surface area contributed by atoms with Gasteiger partial charge in [-0.1, -0.05) is 6.07 Å². The molecule has 2 N–H and O–H groups in total. The summed E-state index contributed by atoms with van der Waals surface area (Å²) in [6.07, 6.45) is 0.949. The van der Waals surface area contributed by atoms with Gasteiger partial charge in [0.25, 0.3) is 5.69 Å². The van der Waals surface area contributed by atoms with Crippen LogP contribution >= 0.6 is 11.3 Å². The molecule has 0 fully saturated rings. The zero-order valence-corrected chi connectivity index (χ0v) is 11.4. The molecule has 0 aliphatic heterocycles. The van der Waals surface area contributed by atoms with Gasteiger partial charge in [0.15, 0.2) is 0 Å². The fraction of sp³-hybridized carbons (Fsp3) is 0.231. The van der Waals surface area contributed by atoms with Gasteiger partial charge in [-0.3, -0.25) is 10.1 Å². The maximum Gasteiger partial charge on any atom is 0.292 e. The van der Waals surface area contributed by atoms with E-state index in [1.807, 2.05) is 18.0 Å². The summed E-state index contributed by atoms with van der Waals surface area (Å²) in [6.45, 7) is 0.845. The van der Waals surface area contributed by atoms with E-state index in [9.17, 15) is 10.1 Å². The van der Waals surface area contributed by atoms with Gasteiger partial charge in [0, 0.05) is 30.2 Å². The van der Waals surface area contributed by atoms with Crippen LogP contribution in [0.25, 0.3) is 0 Å². The molecule has 0 aliphatic carbocycles. The monoisotopic (exact) mass is 277 g/mol. The molecule has 0 aliphatic rings. The minimum atomic E-state index is -0.467. The van der Waals surface area contributed by atoms with Crippen LogP contribution < -0.4 is 10.6 Å². The van der Waals surface area contributed by atoms with E-state index in [0.717, 1.165) is 18.7 Å². The van der Waals surface area contributed by atoms with Crippen LogP contribution in [0.2, 0.25) is 0 Å². The minimum Gasteiger partial charge on any atom is -0.393 e. The SMILES string of the molecule is CN(CCc1cccs1)c1ccc([N+](=O)[O-])c(N)c1. The molecular weight excluding hydrogens is 262 g/mol. The normalized spacial score (nSPS) is 10.4. The van der Waals surface area contributed by atoms with Gasteiger partial charge < -0.3 is 10.6 Å². The van der Waals surface area contributed by atoms with E-state index in [0.29, 0.717) is 0 Å². The minimum absolute atomic E-state index is 0.0459. The van der Waals surface area contributed by atoms with Crippen molar-refractivity contribution < 1.29 is 4.92 Å². The molecule has 0 radical (unpaired) electrons. The van der Waals surface area contributed by atoms with Crippen LogP contribution in [0.3, 0.4) is 0 Å². The summed E-state index contributed by atoms with van der Waals surface area (Å²) in [6, 6.07) is 8.95. The van der Waals surface area contributed by atoms with E-state index in [4.69, 9.17) is 5.73 Å². The Morgan fingerprint density at radius 1 is 1.42 bits per heavy atom. The Hall–Kier alpha value is -2.08. The van der Waals surface area contributed by atoms with E-state index >= 15 is 0 Å². The van der Waals surface area contributed by atoms with Gasteiger partial charge >= 0.3 is 0 Å². The second kappa shape index (κ2) is 5.71. The zero-order valence-electron chi connectivity index (χ0n) is 10.6. The maximum absolute atomic E-state index is 10.7. The first-order chi connectivity index (χ1) is 9.08. The molecule has 0 saturated carbocycles. The van der Waals surface area contributed by atoms with Crippen molar-refractivity contribution in [3.8, 4) is 0 Å². The van der Waals surface area contributed by atoms with Crippen LogP contribution in [0, 0.1) is 10.1 Å². The number of nitrogen functional groups attached to an aromatic ring is 1. The molecule has 1 heterocycles. The molecule has 1 aromatic heterocycles. The first-order valence-electron chi connectivity index (χ1n) is 5.85. The predicted octanol–water partition coefficient (Wildman–Crippen LogP) is 2.92. The third-order valence-corrected chi connectivity index (χ3v) is 3.86. The van der Waals surface area contributed by atoms with Crippen LogP contribution in [0.5, 0.6) is 0 Å². The van der Waals surface area contributed by atoms with Crippen LogP contribution in [0.15, 0.2) is 35.7 Å². The third kappa shape index (κ3) is 3.23. The average molecular weight is 277 g/mol. The van der Waals surface area contributed by atoms with Crippen molar-refractivity contribution in [2.75, 3.05) is 24.2 Å². The zero-order chi connectivity index (χ0) is 13.8. The smallest absolute Gasteiger partial charge is 0.292 e. The van der Waals surface area contributed by atoms with Gasteiger partial charge in [0.2, 0.25) is 0 Å². The van der Waals surface area contributed by atoms with Crippen molar-refractivity contribution in [2.24, 2.45) is 0 Å². The summed E-state index contributed by atoms with van der Waals surface area (Å²) < 4.78 is 0. The lowest BCUT2D eigenvalue weighted by Gasteiger charge is -2.19. The Balaban J connectivity index is 2.05. The van der Waals surface area contributed by atoms with Gasteiger partial charge in [-0.15, -0.1) is 11.3 Å². The average Bonchev–Trinajstić information content (AvgIpc) is 2.88. The highest BCUT2D eigenvalue weighted by Crippen LogP contribution is 2.26. The van der Waals surface area contributed by atoms with Gasteiger partial charge in [-0.05, 0) is 30.0 Å². The van der Waals surface area contributed by atoms with Crippen molar-refractivity contribution in [3.05, 3.63) is 50.7 Å². The molecule has 0 saturated heterocycles. The summed E-state index contributed by atoms with van der Waals surface area (Å²) in [5.74, 6) is 0. The Labute approximate surface area is 115 Å². The number of benzene rings is 1. The lowest BCUT2D eigenvalue weighted by atomic mass is 10.2. The van der Waals surface area contributed by atoms with Crippen molar-refractivity contribution in [1.29, 1.82) is 0 Å². The second-order valence-electron chi connectivity index (χ2n) is 4.25. The van der Waals surface area contributed by atoms with Gasteiger partial charge in [-0.25, -0.2) is 0 Å². The number of anilines is 2. The number of hydrogen-bond acceptors (Lipinski definition) is 5. The Morgan fingerprint density at radius 3 is 2.79 bits per heavy atom. The highest BCUT2D eigenvalue weighted by atomic mass is 32.1. The van der Waals surface area contributed by atoms with E-state index in [1.165, 1.54) is 10.9 Å². The van der Waals surface area contributed by atoms with Crippen molar-refractivity contribution in [1.82, 2.24) is 0 Å². The fourth-order valence-corrected chi connectivity index (χ4v) is 2.51. The Morgan fingerprint density at radius 2 is 2.21 bits per heavy atom. The number of nitrogens with two attached hydrogens (primary N) is 1. The quantitative estimate of drug-likeness (QED) is 0.518. The van der Waals surface area contributed by atoms with Crippen molar-refractivity contribution >= 4 is 28.4 Å². The van der Waals surface area contributed by atoms with Crippen LogP contribution in [0.1, 0.15) is 4.88 Å². The summed E-state index contributed by atoms with van der Waals surface area (Å²) in [5, 5.41) is 12.8. The number of hydrogen-bond donors (Lipinski definition) is 1. The van der Waals surface area contributed by atoms with E-state index in [1.54, 1.807) is 23.5 Å². The first-order valence-corrected chi connectivity index (χ1v) is 6.73. The number of thiophene rings is 1. The lowest BCUT2D eigenvalue weighted by Crippen LogP contribution is -2.20. The molecule has 2 aromatic rings. The molecule has 6 heteroatoms. The predicted molar refractivity (Wildman–Crippen MR) is 78.8 cm³/mol. The van der Waals surface area contributed by atoms with E-state index in [2.05, 4.69) is 11.4 Å². The first kappa shape index (κ1) is 13.4. The second-order valence-corrected chi connectivity index (χ2v) is 5.28. The lowest BCUT2D eigenvalue weighted by molar-refractivity contribution is -0.383. The molecule has 0 spiro atoms. The van der Waals surface area contributed by atoms with Gasteiger partial charge in [-0.2, -0.15) is 0 Å². The number of nitro benzene ring substituents is 1. The molecule has 0 unspecified atom stereocenters. The third-order valence-electron chi connectivity index (χ3n) is 2.92. The molecule has 1 aromatic carbocycles. The highest BCUT2D eigenvalue weighted by Gasteiger charge is 2.12. The van der Waals surface area contributed by atoms with Gasteiger partial charge in [0.05, 0.1) is 4.92 Å². The molecule has 19 heavy (non-hydrogen) atoms. The standard InChI is InChI=1S/C13H15N3O2S/c1-15(7-6-11-3-2-8-19-11)10-4-5-13(16(17)18)12(14)9-10/h2-5,8-9H,6-7,14H2,1H3. The molecule has 0 bridgehead atoms. The summed E-state index contributed by atoms with van der Waals surface area (Å²) in [5.41, 5.74) is 6.73. The number of nitro groups is 1. The van der Waals surface area contributed by atoms with Crippen LogP contribution in [-0.2, 0) is 6.42 Å². The molecular formula is C13H15N3O2S. The van der Waals surface area contributed by atoms with E-state index < -0.39 is 4.92 Å². The van der Waals surface area contributed by atoms with E-state index in [-0.39, 0.29) is 11.4 Å². The van der Waals surface area contributed by atoms with Crippen molar-refractivity contribution in [3.63, 3.8) is 0 Å². The maximum atomic E-state index is 10.7. The summed E-state index contributed by atoms with van der Waals surface area (Å²) in [4.78, 5) is 13.6. The molecule has 5 nitrogen and oxygen atoms in total. The number of rotatable bonds is 5. The number of likely N-dealkylation sites (N-methyl/N-ethyl adjacent to an activating group) is 1. The molecule has 2 rings (SSSR count). The molecule has 100 valence electrons. The topological polar surface area (TPSA) is 72.4 Å². The summed E-state index contributed by atoms with van der Waals surface area (Å²) >= 11 is 1.73. The summed E-state index contributed by atoms with van der Waals surface area (Å²) in [7, 11) is 1.95. The van der Waals surface area contributed by atoms with Crippen LogP contribution in [-0.4, -0.2) is 18.5 Å². The highest BCUT2D eigenvalue weighted by molar-refractivity contribution is 7.09. The van der Waals surface area contributed by atoms with Gasteiger partial charge in [0.1, 0.15) is 5.69 Å².